The molecule has 0 aliphatic rings. The smallest absolute Gasteiger partial charge is 0.0780 e. The van der Waals surface area contributed by atoms with Gasteiger partial charge in [0.15, 0.2) is 0 Å². The number of nitrogens with zero attached hydrogens (tertiary/aromatic N) is 1. The van der Waals surface area contributed by atoms with E-state index in [9.17, 15) is 0 Å². The lowest BCUT2D eigenvalue weighted by atomic mass is 10.0. The summed E-state index contributed by atoms with van der Waals surface area (Å²) in [6.45, 7) is 0.771. The van der Waals surface area contributed by atoms with Crippen LogP contribution in [0.25, 0.3) is 22.0 Å². The Morgan fingerprint density at radius 3 is 2.75 bits per heavy atom. The van der Waals surface area contributed by atoms with Gasteiger partial charge in [0, 0.05) is 28.7 Å². The van der Waals surface area contributed by atoms with Gasteiger partial charge in [-0.3, -0.25) is 4.98 Å². The Bertz CT molecular complexity index is 748. The van der Waals surface area contributed by atoms with E-state index in [1.54, 1.807) is 0 Å². The molecule has 0 spiro atoms. The third-order valence-corrected chi connectivity index (χ3v) is 3.72. The minimum atomic E-state index is 0.771. The molecular formula is C17H15ClN2. The van der Waals surface area contributed by atoms with Crippen molar-refractivity contribution >= 4 is 22.5 Å². The number of rotatable bonds is 3. The lowest BCUT2D eigenvalue weighted by Gasteiger charge is -2.09. The van der Waals surface area contributed by atoms with Crippen LogP contribution in [0.5, 0.6) is 0 Å². The van der Waals surface area contributed by atoms with Gasteiger partial charge in [-0.2, -0.15) is 0 Å². The van der Waals surface area contributed by atoms with Gasteiger partial charge in [-0.15, -0.1) is 0 Å². The highest BCUT2D eigenvalue weighted by Gasteiger charge is 2.07. The van der Waals surface area contributed by atoms with Gasteiger partial charge in [0.1, 0.15) is 0 Å². The van der Waals surface area contributed by atoms with Gasteiger partial charge < -0.3 is 5.32 Å². The Morgan fingerprint density at radius 1 is 1.10 bits per heavy atom. The average molecular weight is 283 g/mol. The van der Waals surface area contributed by atoms with Crippen LogP contribution in [0, 0.1) is 0 Å². The normalized spacial score (nSPS) is 10.9. The molecule has 0 radical (unpaired) electrons. The highest BCUT2D eigenvalue weighted by molar-refractivity contribution is 6.31. The molecule has 1 N–H and O–H groups in total. The van der Waals surface area contributed by atoms with Crippen LogP contribution in [-0.2, 0) is 6.54 Å². The maximum absolute atomic E-state index is 6.35. The van der Waals surface area contributed by atoms with Gasteiger partial charge in [0.2, 0.25) is 0 Å². The van der Waals surface area contributed by atoms with E-state index in [0.717, 1.165) is 39.2 Å². The molecule has 1 heterocycles. The number of para-hydroxylation sites is 1. The molecule has 100 valence electrons. The van der Waals surface area contributed by atoms with Crippen molar-refractivity contribution in [1.82, 2.24) is 10.3 Å². The van der Waals surface area contributed by atoms with Crippen LogP contribution in [-0.4, -0.2) is 12.0 Å². The van der Waals surface area contributed by atoms with Crippen LogP contribution < -0.4 is 5.32 Å². The van der Waals surface area contributed by atoms with Gasteiger partial charge in [0.25, 0.3) is 0 Å². The molecule has 2 aromatic carbocycles. The second-order valence-corrected chi connectivity index (χ2v) is 5.12. The molecule has 0 unspecified atom stereocenters. The van der Waals surface area contributed by atoms with E-state index in [1.807, 2.05) is 25.4 Å². The molecular weight excluding hydrogens is 268 g/mol. The number of benzene rings is 2. The summed E-state index contributed by atoms with van der Waals surface area (Å²) in [5.74, 6) is 0. The van der Waals surface area contributed by atoms with Crippen molar-refractivity contribution in [2.45, 2.75) is 6.54 Å². The van der Waals surface area contributed by atoms with Gasteiger partial charge in [0.05, 0.1) is 5.52 Å². The zero-order valence-electron chi connectivity index (χ0n) is 11.2. The fourth-order valence-electron chi connectivity index (χ4n) is 2.39. The van der Waals surface area contributed by atoms with Crippen LogP contribution >= 0.6 is 11.6 Å². The number of aromatic nitrogens is 1. The number of hydrogen-bond acceptors (Lipinski definition) is 2. The predicted octanol–water partition coefficient (Wildman–Crippen LogP) is 4.27. The van der Waals surface area contributed by atoms with Crippen molar-refractivity contribution in [2.24, 2.45) is 0 Å². The third-order valence-electron chi connectivity index (χ3n) is 3.36. The highest BCUT2D eigenvalue weighted by atomic mass is 35.5. The average Bonchev–Trinajstić information content (AvgIpc) is 2.49. The Labute approximate surface area is 123 Å². The summed E-state index contributed by atoms with van der Waals surface area (Å²) in [6, 6.07) is 16.4. The van der Waals surface area contributed by atoms with Gasteiger partial charge in [-0.1, -0.05) is 48.0 Å². The molecule has 0 fully saturated rings. The number of halogens is 1. The zero-order valence-corrected chi connectivity index (χ0v) is 12.0. The van der Waals surface area contributed by atoms with Gasteiger partial charge >= 0.3 is 0 Å². The van der Waals surface area contributed by atoms with Gasteiger partial charge in [-0.05, 0) is 30.3 Å². The number of nitrogens with one attached hydrogen (secondary N) is 1. The standard InChI is InChI=1S/C17H15ClN2/c1-19-11-14-8-7-13(10-16(14)18)15-6-2-4-12-5-3-9-20-17(12)15/h2-10,19H,11H2,1H3. The second-order valence-electron chi connectivity index (χ2n) is 4.72. The lowest BCUT2D eigenvalue weighted by molar-refractivity contribution is 0.818. The van der Waals surface area contributed by atoms with Gasteiger partial charge in [-0.25, -0.2) is 0 Å². The summed E-state index contributed by atoms with van der Waals surface area (Å²) in [4.78, 5) is 4.49. The molecule has 1 aromatic heterocycles. The maximum atomic E-state index is 6.35. The fourth-order valence-corrected chi connectivity index (χ4v) is 2.63. The van der Waals surface area contributed by atoms with Crippen LogP contribution in [0.15, 0.2) is 54.7 Å². The Morgan fingerprint density at radius 2 is 1.95 bits per heavy atom. The molecule has 3 aromatic rings. The summed E-state index contributed by atoms with van der Waals surface area (Å²) in [5, 5.41) is 5.04. The zero-order chi connectivity index (χ0) is 13.9. The van der Waals surface area contributed by atoms with Crippen LogP contribution in [0.4, 0.5) is 0 Å². The van der Waals surface area contributed by atoms with E-state index in [0.29, 0.717) is 0 Å². The molecule has 3 heteroatoms. The predicted molar refractivity (Wildman–Crippen MR) is 85.0 cm³/mol. The number of fused-ring (bicyclic) bond motifs is 1. The molecule has 2 nitrogen and oxygen atoms in total. The van der Waals surface area contributed by atoms with E-state index in [2.05, 4.69) is 46.7 Å². The summed E-state index contributed by atoms with van der Waals surface area (Å²) in [6.07, 6.45) is 1.82. The van der Waals surface area contributed by atoms with E-state index >= 15 is 0 Å². The molecule has 0 atom stereocenters. The fraction of sp³-hybridized carbons (Fsp3) is 0.118. The molecule has 0 saturated heterocycles. The lowest BCUT2D eigenvalue weighted by Crippen LogP contribution is -2.05. The first-order valence-electron chi connectivity index (χ1n) is 6.57. The molecule has 3 rings (SSSR count). The van der Waals surface area contributed by atoms with E-state index in [4.69, 9.17) is 11.6 Å². The Kier molecular flexibility index (Phi) is 3.68. The quantitative estimate of drug-likeness (QED) is 0.776. The van der Waals surface area contributed by atoms with Crippen molar-refractivity contribution < 1.29 is 0 Å². The third kappa shape index (κ3) is 2.40. The summed E-state index contributed by atoms with van der Waals surface area (Å²) in [7, 11) is 1.92. The molecule has 0 aliphatic heterocycles. The first kappa shape index (κ1) is 13.1. The second kappa shape index (κ2) is 5.61. The van der Waals surface area contributed by atoms with Crippen molar-refractivity contribution in [2.75, 3.05) is 7.05 Å². The molecule has 0 amide bonds. The monoisotopic (exact) mass is 282 g/mol. The molecule has 0 saturated carbocycles. The summed E-state index contributed by atoms with van der Waals surface area (Å²) >= 11 is 6.35. The van der Waals surface area contributed by atoms with Crippen LogP contribution in [0.2, 0.25) is 5.02 Å². The largest absolute Gasteiger partial charge is 0.316 e. The first-order valence-corrected chi connectivity index (χ1v) is 6.94. The minimum Gasteiger partial charge on any atom is -0.316 e. The number of hydrogen-bond donors (Lipinski definition) is 1. The van der Waals surface area contributed by atoms with Crippen molar-refractivity contribution in [3.8, 4) is 11.1 Å². The Balaban J connectivity index is 2.14. The SMILES string of the molecule is CNCc1ccc(-c2cccc3cccnc23)cc1Cl. The molecule has 0 aliphatic carbocycles. The van der Waals surface area contributed by atoms with E-state index < -0.39 is 0 Å². The van der Waals surface area contributed by atoms with Crippen LogP contribution in [0.1, 0.15) is 5.56 Å². The topological polar surface area (TPSA) is 24.9 Å². The molecule has 0 bridgehead atoms. The van der Waals surface area contributed by atoms with Crippen molar-refractivity contribution in [3.63, 3.8) is 0 Å². The summed E-state index contributed by atoms with van der Waals surface area (Å²) < 4.78 is 0. The van der Waals surface area contributed by atoms with E-state index in [-0.39, 0.29) is 0 Å². The first-order chi connectivity index (χ1) is 9.79. The molecule has 20 heavy (non-hydrogen) atoms. The van der Waals surface area contributed by atoms with Crippen molar-refractivity contribution in [3.05, 3.63) is 65.3 Å². The van der Waals surface area contributed by atoms with Crippen molar-refractivity contribution in [1.29, 1.82) is 0 Å². The number of pyridine rings is 1. The summed E-state index contributed by atoms with van der Waals surface area (Å²) in [5.41, 5.74) is 4.32. The van der Waals surface area contributed by atoms with E-state index in [1.165, 1.54) is 0 Å². The maximum Gasteiger partial charge on any atom is 0.0780 e. The highest BCUT2D eigenvalue weighted by Crippen LogP contribution is 2.30. The minimum absolute atomic E-state index is 0.771. The Hall–Kier alpha value is -1.90. The van der Waals surface area contributed by atoms with Crippen LogP contribution in [0.3, 0.4) is 0 Å².